The minimum atomic E-state index is -4.18. The number of methoxy groups -OCH3 is 4. The van der Waals surface area contributed by atoms with Gasteiger partial charge >= 0.3 is 0 Å². The van der Waals surface area contributed by atoms with Crippen molar-refractivity contribution in [2.45, 2.75) is 11.4 Å². The van der Waals surface area contributed by atoms with Gasteiger partial charge in [-0.25, -0.2) is 8.42 Å². The van der Waals surface area contributed by atoms with Gasteiger partial charge in [0.1, 0.15) is 34.2 Å². The van der Waals surface area contributed by atoms with E-state index in [1.54, 1.807) is 19.2 Å². The molecule has 0 fully saturated rings. The van der Waals surface area contributed by atoms with E-state index in [1.165, 1.54) is 33.5 Å². The summed E-state index contributed by atoms with van der Waals surface area (Å²) in [6, 6.07) is 14.0. The topological polar surface area (TPSA) is 125 Å². The van der Waals surface area contributed by atoms with Crippen LogP contribution >= 0.6 is 0 Å². The second-order valence-electron chi connectivity index (χ2n) is 7.70. The smallest absolute Gasteiger partial charge is 0.270 e. The third-order valence-corrected chi connectivity index (χ3v) is 6.87. The number of hydrogen-bond donors (Lipinski definition) is 1. The first-order chi connectivity index (χ1) is 17.3. The first kappa shape index (κ1) is 24.9. The molecule has 2 aromatic carbocycles. The van der Waals surface area contributed by atoms with Crippen LogP contribution < -0.4 is 28.6 Å². The number of nitrogens with one attached hydrogen (secondary N) is 1. The minimum Gasteiger partial charge on any atom is -0.497 e. The first-order valence-corrected chi connectivity index (χ1v) is 12.2. The molecule has 0 unspecified atom stereocenters. The zero-order valence-electron chi connectivity index (χ0n) is 20.4. The number of benzene rings is 2. The summed E-state index contributed by atoms with van der Waals surface area (Å²) in [6.45, 7) is 0.548. The van der Waals surface area contributed by atoms with Gasteiger partial charge in [0.2, 0.25) is 0 Å². The Bertz CT molecular complexity index is 1450. The molecule has 11 nitrogen and oxygen atoms in total. The molecule has 2 aromatic heterocycles. The molecule has 4 aromatic rings. The lowest BCUT2D eigenvalue weighted by Gasteiger charge is -2.19. The van der Waals surface area contributed by atoms with Gasteiger partial charge < -0.3 is 28.4 Å². The van der Waals surface area contributed by atoms with E-state index in [9.17, 15) is 8.42 Å². The quantitative estimate of drug-likeness (QED) is 0.335. The molecule has 190 valence electrons. The number of hydrogen-bond acceptors (Lipinski definition) is 10. The zero-order chi connectivity index (χ0) is 25.9. The Hall–Kier alpha value is -4.19. The summed E-state index contributed by atoms with van der Waals surface area (Å²) in [7, 11) is 3.51. The Morgan fingerprint density at radius 3 is 2.14 bits per heavy atom. The molecule has 36 heavy (non-hydrogen) atoms. The molecular weight excluding hydrogens is 488 g/mol. The van der Waals surface area contributed by atoms with E-state index in [-0.39, 0.29) is 33.3 Å². The van der Waals surface area contributed by atoms with Crippen molar-refractivity contribution in [1.29, 1.82) is 0 Å². The van der Waals surface area contributed by atoms with E-state index >= 15 is 0 Å². The molecule has 0 aliphatic heterocycles. The molecule has 0 bridgehead atoms. The molecule has 0 aliphatic carbocycles. The van der Waals surface area contributed by atoms with E-state index in [4.69, 9.17) is 23.5 Å². The Labute approximate surface area is 208 Å². The van der Waals surface area contributed by atoms with Gasteiger partial charge in [-0.1, -0.05) is 23.4 Å². The maximum Gasteiger partial charge on any atom is 0.270 e. The monoisotopic (exact) mass is 514 g/mol. The first-order valence-electron chi connectivity index (χ1n) is 10.7. The van der Waals surface area contributed by atoms with Crippen molar-refractivity contribution in [1.82, 2.24) is 10.1 Å². The summed E-state index contributed by atoms with van der Waals surface area (Å²) in [5.41, 5.74) is 1.14. The fourth-order valence-electron chi connectivity index (χ4n) is 3.68. The van der Waals surface area contributed by atoms with E-state index < -0.39 is 10.0 Å². The van der Waals surface area contributed by atoms with Crippen LogP contribution in [0.2, 0.25) is 0 Å². The van der Waals surface area contributed by atoms with Gasteiger partial charge in [0.15, 0.2) is 10.7 Å². The van der Waals surface area contributed by atoms with Gasteiger partial charge in [-0.05, 0) is 29.8 Å². The lowest BCUT2D eigenvalue weighted by molar-refractivity contribution is 0.373. The summed E-state index contributed by atoms with van der Waals surface area (Å²) < 4.78 is 55.6. The normalized spacial score (nSPS) is 11.2. The predicted molar refractivity (Wildman–Crippen MR) is 134 cm³/mol. The van der Waals surface area contributed by atoms with Gasteiger partial charge in [-0.3, -0.25) is 4.72 Å². The van der Waals surface area contributed by atoms with Gasteiger partial charge in [0.05, 0.1) is 28.4 Å². The van der Waals surface area contributed by atoms with Crippen molar-refractivity contribution in [2.75, 3.05) is 45.1 Å². The molecule has 1 N–H and O–H groups in total. The maximum atomic E-state index is 13.3. The Morgan fingerprint density at radius 2 is 1.56 bits per heavy atom. The molecule has 2 heterocycles. The highest BCUT2D eigenvalue weighted by atomic mass is 32.2. The average Bonchev–Trinajstić information content (AvgIpc) is 3.29. The summed E-state index contributed by atoms with van der Waals surface area (Å²) in [5.74, 6) is 1.80. The summed E-state index contributed by atoms with van der Waals surface area (Å²) >= 11 is 0. The van der Waals surface area contributed by atoms with Crippen LogP contribution in [-0.4, -0.2) is 54.0 Å². The van der Waals surface area contributed by atoms with Gasteiger partial charge in [-0.2, -0.15) is 4.98 Å². The molecule has 0 radical (unpaired) electrons. The molecule has 0 atom stereocenters. The predicted octanol–water partition coefficient (Wildman–Crippen LogP) is 3.69. The highest BCUT2D eigenvalue weighted by Crippen LogP contribution is 2.38. The van der Waals surface area contributed by atoms with Crippen LogP contribution in [0.15, 0.2) is 57.9 Å². The van der Waals surface area contributed by atoms with Crippen molar-refractivity contribution in [3.63, 3.8) is 0 Å². The number of sulfonamides is 1. The lowest BCUT2D eigenvalue weighted by atomic mass is 10.2. The Balaban J connectivity index is 1.68. The van der Waals surface area contributed by atoms with Crippen LogP contribution in [0.5, 0.6) is 23.0 Å². The molecule has 0 saturated heterocycles. The van der Waals surface area contributed by atoms with Crippen LogP contribution in [0.4, 0.5) is 11.6 Å². The summed E-state index contributed by atoms with van der Waals surface area (Å²) in [6.07, 6.45) is 0. The SMILES string of the molecule is COc1ccc(CN(C)c2cc(OC)c3c(NS(=O)(=O)c4c(OC)cccc4OC)noc3n2)cc1. The van der Waals surface area contributed by atoms with E-state index in [1.807, 2.05) is 36.2 Å². The van der Waals surface area contributed by atoms with Crippen LogP contribution in [0, 0.1) is 0 Å². The van der Waals surface area contributed by atoms with Crippen molar-refractivity contribution in [2.24, 2.45) is 0 Å². The number of pyridine rings is 1. The molecule has 12 heteroatoms. The van der Waals surface area contributed by atoms with Crippen LogP contribution in [0.1, 0.15) is 5.56 Å². The molecular formula is C24H26N4O7S. The lowest BCUT2D eigenvalue weighted by Crippen LogP contribution is -2.18. The third-order valence-electron chi connectivity index (χ3n) is 5.47. The molecule has 0 saturated carbocycles. The highest BCUT2D eigenvalue weighted by Gasteiger charge is 2.28. The number of rotatable bonds is 10. The fraction of sp³-hybridized carbons (Fsp3) is 0.250. The molecule has 0 amide bonds. The average molecular weight is 515 g/mol. The number of fused-ring (bicyclic) bond motifs is 1. The third kappa shape index (κ3) is 4.80. The molecule has 4 rings (SSSR count). The van der Waals surface area contributed by atoms with E-state index in [0.717, 1.165) is 11.3 Å². The van der Waals surface area contributed by atoms with Crippen LogP contribution in [0.25, 0.3) is 11.1 Å². The second kappa shape index (κ2) is 10.2. The second-order valence-corrected chi connectivity index (χ2v) is 9.31. The van der Waals surface area contributed by atoms with Gasteiger partial charge in [-0.15, -0.1) is 0 Å². The number of ether oxygens (including phenoxy) is 4. The largest absolute Gasteiger partial charge is 0.497 e. The van der Waals surface area contributed by atoms with Crippen molar-refractivity contribution >= 4 is 32.8 Å². The standard InChI is InChI=1S/C24H26N4O7S/c1-28(14-15-9-11-16(31-2)12-10-15)20-13-19(34-5)21-23(26-35-24(21)25-20)27-36(29,30)22-17(32-3)7-6-8-18(22)33-4/h6-13H,14H2,1-5H3,(H,26,27). The fourth-order valence-corrected chi connectivity index (χ4v) is 5.01. The Morgan fingerprint density at radius 1 is 0.917 bits per heavy atom. The number of nitrogens with zero attached hydrogens (tertiary/aromatic N) is 3. The highest BCUT2D eigenvalue weighted by molar-refractivity contribution is 7.93. The van der Waals surface area contributed by atoms with Crippen molar-refractivity contribution in [3.8, 4) is 23.0 Å². The molecule has 0 spiro atoms. The van der Waals surface area contributed by atoms with Crippen LogP contribution in [0.3, 0.4) is 0 Å². The van der Waals surface area contributed by atoms with Crippen LogP contribution in [-0.2, 0) is 16.6 Å². The number of anilines is 2. The van der Waals surface area contributed by atoms with Gasteiger partial charge in [0.25, 0.3) is 15.7 Å². The van der Waals surface area contributed by atoms with Gasteiger partial charge in [0, 0.05) is 19.7 Å². The Kier molecular flexibility index (Phi) is 7.06. The van der Waals surface area contributed by atoms with Crippen molar-refractivity contribution in [3.05, 3.63) is 54.1 Å². The number of aromatic nitrogens is 2. The zero-order valence-corrected chi connectivity index (χ0v) is 21.3. The summed E-state index contributed by atoms with van der Waals surface area (Å²) in [4.78, 5) is 6.24. The van der Waals surface area contributed by atoms with Crippen molar-refractivity contribution < 1.29 is 31.9 Å². The summed E-state index contributed by atoms with van der Waals surface area (Å²) in [5, 5.41) is 4.18. The maximum absolute atomic E-state index is 13.3. The van der Waals surface area contributed by atoms with E-state index in [0.29, 0.717) is 18.1 Å². The molecule has 0 aliphatic rings. The minimum absolute atomic E-state index is 0.0772. The van der Waals surface area contributed by atoms with E-state index in [2.05, 4.69) is 14.9 Å².